The van der Waals surface area contributed by atoms with Crippen LogP contribution in [0.15, 0.2) is 48.9 Å². The molecule has 0 saturated carbocycles. The average Bonchev–Trinajstić information content (AvgIpc) is 3.41. The van der Waals surface area contributed by atoms with Crippen LogP contribution in [0.3, 0.4) is 0 Å². The predicted octanol–water partition coefficient (Wildman–Crippen LogP) is 3.19. The van der Waals surface area contributed by atoms with Crippen molar-refractivity contribution < 1.29 is 24.2 Å². The third-order valence-corrected chi connectivity index (χ3v) is 6.06. The van der Waals surface area contributed by atoms with Gasteiger partial charge in [0.1, 0.15) is 11.6 Å². The number of methoxy groups -OCH3 is 2. The van der Waals surface area contributed by atoms with Crippen LogP contribution in [0.2, 0.25) is 0 Å². The van der Waals surface area contributed by atoms with Gasteiger partial charge in [-0.1, -0.05) is 0 Å². The minimum Gasteiger partial charge on any atom is -0.495 e. The van der Waals surface area contributed by atoms with Crippen molar-refractivity contribution in [3.63, 3.8) is 0 Å². The van der Waals surface area contributed by atoms with E-state index in [1.54, 1.807) is 72.7 Å². The molecule has 0 unspecified atom stereocenters. The quantitative estimate of drug-likeness (QED) is 0.435. The molecule has 11 nitrogen and oxygen atoms in total. The van der Waals surface area contributed by atoms with Crippen LogP contribution >= 0.6 is 0 Å². The van der Waals surface area contributed by atoms with Crippen molar-refractivity contribution in [3.8, 4) is 17.0 Å². The minimum absolute atomic E-state index is 0.0752. The van der Waals surface area contributed by atoms with E-state index in [1.807, 2.05) is 0 Å². The normalized spacial score (nSPS) is 13.6. The first-order valence-electron chi connectivity index (χ1n) is 10.9. The number of carbonyl (C=O) groups excluding carboxylic acids is 1. The van der Waals surface area contributed by atoms with Gasteiger partial charge < -0.3 is 24.8 Å². The topological polar surface area (TPSA) is 124 Å². The number of carbonyl (C=O) groups is 2. The third kappa shape index (κ3) is 4.06. The number of amides is 1. The lowest BCUT2D eigenvalue weighted by Gasteiger charge is -2.38. The van der Waals surface area contributed by atoms with Gasteiger partial charge in [-0.3, -0.25) is 9.48 Å². The minimum atomic E-state index is -1.11. The van der Waals surface area contributed by atoms with Crippen LogP contribution in [0.5, 0.6) is 5.75 Å². The van der Waals surface area contributed by atoms with E-state index in [9.17, 15) is 14.7 Å². The summed E-state index contributed by atoms with van der Waals surface area (Å²) in [7, 11) is 4.92. The van der Waals surface area contributed by atoms with E-state index in [0.717, 1.165) is 0 Å². The van der Waals surface area contributed by atoms with Gasteiger partial charge >= 0.3 is 6.09 Å². The van der Waals surface area contributed by atoms with E-state index in [-0.39, 0.29) is 12.0 Å². The van der Waals surface area contributed by atoms with E-state index >= 15 is 0 Å². The van der Waals surface area contributed by atoms with Crippen molar-refractivity contribution in [2.45, 2.75) is 6.10 Å². The number of pyridine rings is 1. The Labute approximate surface area is 200 Å². The summed E-state index contributed by atoms with van der Waals surface area (Å²) >= 11 is 0. The van der Waals surface area contributed by atoms with Crippen LogP contribution in [-0.2, 0) is 11.8 Å². The van der Waals surface area contributed by atoms with E-state index in [2.05, 4.69) is 15.4 Å². The SMILES string of the molecule is COc1cc(C(=O)N2CC(OC)C2)ccc1Nc1cc2c(cn1)cc(-c1cnn(C)c1)n2C(=O)O. The van der Waals surface area contributed by atoms with Gasteiger partial charge in [-0.05, 0) is 24.3 Å². The maximum atomic E-state index is 12.7. The van der Waals surface area contributed by atoms with E-state index in [4.69, 9.17) is 9.47 Å². The van der Waals surface area contributed by atoms with Gasteiger partial charge in [0, 0.05) is 62.2 Å². The highest BCUT2D eigenvalue weighted by Gasteiger charge is 2.31. The van der Waals surface area contributed by atoms with Gasteiger partial charge in [0.05, 0.1) is 36.3 Å². The Morgan fingerprint density at radius 3 is 2.60 bits per heavy atom. The lowest BCUT2D eigenvalue weighted by Crippen LogP contribution is -2.54. The molecular weight excluding hydrogens is 452 g/mol. The van der Waals surface area contributed by atoms with Crippen molar-refractivity contribution in [1.29, 1.82) is 0 Å². The number of ether oxygens (including phenoxy) is 2. The van der Waals surface area contributed by atoms with Gasteiger partial charge in [0.15, 0.2) is 0 Å². The summed E-state index contributed by atoms with van der Waals surface area (Å²) in [4.78, 5) is 31.0. The molecule has 4 aromatic rings. The van der Waals surface area contributed by atoms with Gasteiger partial charge in [-0.25, -0.2) is 14.3 Å². The molecule has 0 bridgehead atoms. The van der Waals surface area contributed by atoms with Gasteiger partial charge in [-0.2, -0.15) is 5.10 Å². The number of carboxylic acid groups (broad SMARTS) is 1. The monoisotopic (exact) mass is 476 g/mol. The van der Waals surface area contributed by atoms with Crippen LogP contribution < -0.4 is 10.1 Å². The van der Waals surface area contributed by atoms with Crippen LogP contribution in [0, 0.1) is 0 Å². The van der Waals surface area contributed by atoms with E-state index < -0.39 is 6.09 Å². The first kappa shape index (κ1) is 22.4. The molecule has 1 aliphatic rings. The molecule has 35 heavy (non-hydrogen) atoms. The van der Waals surface area contributed by atoms with Crippen LogP contribution in [0.1, 0.15) is 10.4 Å². The number of benzene rings is 1. The Hall–Kier alpha value is -4.38. The Morgan fingerprint density at radius 1 is 1.14 bits per heavy atom. The Kier molecular flexibility index (Phi) is 5.61. The summed E-state index contributed by atoms with van der Waals surface area (Å²) in [6.07, 6.45) is 3.94. The third-order valence-electron chi connectivity index (χ3n) is 6.06. The van der Waals surface area contributed by atoms with E-state index in [1.165, 1.54) is 11.7 Å². The smallest absolute Gasteiger partial charge is 0.416 e. The molecule has 1 aliphatic heterocycles. The fraction of sp³-hybridized carbons (Fsp3) is 0.250. The number of anilines is 2. The zero-order valence-electron chi connectivity index (χ0n) is 19.4. The van der Waals surface area contributed by atoms with Gasteiger partial charge in [0.2, 0.25) is 0 Å². The summed E-state index contributed by atoms with van der Waals surface area (Å²) in [6, 6.07) is 8.55. The lowest BCUT2D eigenvalue weighted by molar-refractivity contribution is -0.0192. The molecule has 5 rings (SSSR count). The second kappa shape index (κ2) is 8.76. The molecular formula is C24H24N6O5. The number of hydrogen-bond donors (Lipinski definition) is 2. The molecule has 11 heteroatoms. The Morgan fingerprint density at radius 2 is 1.94 bits per heavy atom. The summed E-state index contributed by atoms with van der Waals surface area (Å²) in [6.45, 7) is 1.12. The van der Waals surface area contributed by atoms with Crippen molar-refractivity contribution in [2.75, 3.05) is 32.6 Å². The predicted molar refractivity (Wildman–Crippen MR) is 128 cm³/mol. The van der Waals surface area contributed by atoms with Gasteiger partial charge in [0.25, 0.3) is 5.91 Å². The molecule has 3 aromatic heterocycles. The summed E-state index contributed by atoms with van der Waals surface area (Å²) in [5.74, 6) is 0.801. The van der Waals surface area contributed by atoms with Gasteiger partial charge in [-0.15, -0.1) is 0 Å². The molecule has 0 spiro atoms. The maximum absolute atomic E-state index is 12.7. The number of likely N-dealkylation sites (tertiary alicyclic amines) is 1. The highest BCUT2D eigenvalue weighted by Crippen LogP contribution is 2.32. The molecule has 0 aliphatic carbocycles. The van der Waals surface area contributed by atoms with Crippen molar-refractivity contribution in [1.82, 2.24) is 24.2 Å². The second-order valence-corrected chi connectivity index (χ2v) is 8.29. The zero-order chi connectivity index (χ0) is 24.7. The zero-order valence-corrected chi connectivity index (χ0v) is 19.4. The standard InChI is InChI=1S/C24H24N6O5/c1-28-11-16(10-26-28)19-6-15-9-25-22(8-20(15)30(19)24(32)33)27-18-5-4-14(7-21(18)35-3)23(31)29-12-17(13-29)34-2/h4-11,17H,12-13H2,1-3H3,(H,25,27)(H,32,33). The average molecular weight is 476 g/mol. The first-order chi connectivity index (χ1) is 16.9. The number of fused-ring (bicyclic) bond motifs is 1. The number of hydrogen-bond acceptors (Lipinski definition) is 7. The molecule has 0 atom stereocenters. The van der Waals surface area contributed by atoms with Crippen LogP contribution in [0.4, 0.5) is 16.3 Å². The molecule has 0 radical (unpaired) electrons. The number of nitrogens with one attached hydrogen (secondary N) is 1. The number of nitrogens with zero attached hydrogens (tertiary/aromatic N) is 5. The Balaban J connectivity index is 1.44. The van der Waals surface area contributed by atoms with Crippen molar-refractivity contribution in [2.24, 2.45) is 7.05 Å². The fourth-order valence-electron chi connectivity index (χ4n) is 4.14. The molecule has 1 amide bonds. The summed E-state index contributed by atoms with van der Waals surface area (Å²) in [5.41, 5.74) is 2.76. The first-order valence-corrected chi connectivity index (χ1v) is 10.9. The molecule has 1 aromatic carbocycles. The number of aryl methyl sites for hydroxylation is 1. The fourth-order valence-corrected chi connectivity index (χ4v) is 4.14. The molecule has 4 heterocycles. The summed E-state index contributed by atoms with van der Waals surface area (Å²) in [5, 5.41) is 17.9. The van der Waals surface area contributed by atoms with Crippen LogP contribution in [0.25, 0.3) is 22.2 Å². The van der Waals surface area contributed by atoms with E-state index in [0.29, 0.717) is 58.1 Å². The molecule has 2 N–H and O–H groups in total. The second-order valence-electron chi connectivity index (χ2n) is 8.29. The van der Waals surface area contributed by atoms with Crippen LogP contribution in [-0.4, -0.2) is 74.8 Å². The Bertz CT molecular complexity index is 1440. The molecule has 1 saturated heterocycles. The van der Waals surface area contributed by atoms with Crippen molar-refractivity contribution >= 4 is 34.4 Å². The highest BCUT2D eigenvalue weighted by atomic mass is 16.5. The molecule has 1 fully saturated rings. The maximum Gasteiger partial charge on any atom is 0.416 e. The van der Waals surface area contributed by atoms with Crippen molar-refractivity contribution in [3.05, 3.63) is 54.5 Å². The lowest BCUT2D eigenvalue weighted by atomic mass is 10.1. The summed E-state index contributed by atoms with van der Waals surface area (Å²) < 4.78 is 13.6. The highest BCUT2D eigenvalue weighted by molar-refractivity contribution is 5.97. The number of aromatic nitrogens is 4. The largest absolute Gasteiger partial charge is 0.495 e. The number of rotatable bonds is 6. The molecule has 180 valence electrons.